The van der Waals surface area contributed by atoms with Gasteiger partial charge in [-0.05, 0) is 43.3 Å². The minimum absolute atomic E-state index is 0.0783. The number of carbonyl (C=O) groups excluding carboxylic acids is 1. The number of ether oxygens (including phenoxy) is 1. The zero-order valence-electron chi connectivity index (χ0n) is 17.3. The molecule has 0 unspecified atom stereocenters. The van der Waals surface area contributed by atoms with Crippen molar-refractivity contribution in [2.24, 2.45) is 14.1 Å². The molecule has 0 bridgehead atoms. The average Bonchev–Trinajstić information content (AvgIpc) is 3.15. The van der Waals surface area contributed by atoms with Crippen LogP contribution in [0.1, 0.15) is 15.4 Å². The molecule has 0 saturated heterocycles. The molecule has 3 aromatic heterocycles. The number of hydrogen-bond donors (Lipinski definition) is 1. The van der Waals surface area contributed by atoms with Crippen molar-refractivity contribution < 1.29 is 9.53 Å². The lowest BCUT2D eigenvalue weighted by Gasteiger charge is -2.08. The van der Waals surface area contributed by atoms with Crippen LogP contribution in [-0.4, -0.2) is 32.1 Å². The Morgan fingerprint density at radius 3 is 2.42 bits per heavy atom. The van der Waals surface area contributed by atoms with Crippen LogP contribution in [0.25, 0.3) is 22.3 Å². The van der Waals surface area contributed by atoms with Crippen molar-refractivity contribution in [3.05, 3.63) is 67.8 Å². The van der Waals surface area contributed by atoms with Gasteiger partial charge in [0.1, 0.15) is 17.1 Å². The molecule has 158 valence electrons. The van der Waals surface area contributed by atoms with E-state index >= 15 is 0 Å². The second-order valence-electron chi connectivity index (χ2n) is 6.88. The third-order valence-corrected chi connectivity index (χ3v) is 5.80. The number of hydrogen-bond acceptors (Lipinski definition) is 7. The average molecular weight is 437 g/mol. The lowest BCUT2D eigenvalue weighted by atomic mass is 10.1. The Hall–Kier alpha value is -3.79. The van der Waals surface area contributed by atoms with E-state index in [-0.39, 0.29) is 16.7 Å². The van der Waals surface area contributed by atoms with Gasteiger partial charge in [-0.3, -0.25) is 24.0 Å². The van der Waals surface area contributed by atoms with Crippen molar-refractivity contribution in [3.63, 3.8) is 0 Å². The fourth-order valence-corrected chi connectivity index (χ4v) is 4.04. The molecular weight excluding hydrogens is 418 g/mol. The fraction of sp³-hybridized carbons (Fsp3) is 0.190. The minimum Gasteiger partial charge on any atom is -0.497 e. The second-order valence-corrected chi connectivity index (χ2v) is 8.08. The molecule has 0 atom stereocenters. The molecule has 0 spiro atoms. The highest BCUT2D eigenvalue weighted by atomic mass is 32.1. The van der Waals surface area contributed by atoms with Gasteiger partial charge in [0, 0.05) is 24.5 Å². The van der Waals surface area contributed by atoms with Gasteiger partial charge < -0.3 is 4.74 Å². The predicted octanol–water partition coefficient (Wildman–Crippen LogP) is 2.33. The highest BCUT2D eigenvalue weighted by Gasteiger charge is 2.17. The number of aromatic nitrogens is 4. The summed E-state index contributed by atoms with van der Waals surface area (Å²) in [6.45, 7) is 1.92. The van der Waals surface area contributed by atoms with Gasteiger partial charge in [0.25, 0.3) is 11.5 Å². The van der Waals surface area contributed by atoms with Crippen LogP contribution in [0.15, 0.2) is 46.0 Å². The third-order valence-electron chi connectivity index (χ3n) is 4.91. The highest BCUT2D eigenvalue weighted by molar-refractivity contribution is 7.16. The minimum atomic E-state index is -0.512. The summed E-state index contributed by atoms with van der Waals surface area (Å²) < 4.78 is 7.42. The number of benzene rings is 1. The van der Waals surface area contributed by atoms with Crippen molar-refractivity contribution in [2.75, 3.05) is 12.4 Å². The molecule has 0 aliphatic heterocycles. The summed E-state index contributed by atoms with van der Waals surface area (Å²) in [6, 6.07) is 10.4. The molecule has 3 heterocycles. The number of amides is 1. The molecule has 0 saturated carbocycles. The van der Waals surface area contributed by atoms with Crippen LogP contribution in [0.5, 0.6) is 5.75 Å². The SMILES string of the molecule is COc1ccc(-c2nc(NC(=O)c3ccc4c(=O)n(C)c(=O)n(C)c4n3)sc2C)cc1. The Labute approximate surface area is 180 Å². The van der Waals surface area contributed by atoms with Gasteiger partial charge in [-0.2, -0.15) is 0 Å². The summed E-state index contributed by atoms with van der Waals surface area (Å²) in [5.74, 6) is 0.266. The molecule has 0 aliphatic rings. The first-order chi connectivity index (χ1) is 14.8. The maximum absolute atomic E-state index is 12.8. The summed E-state index contributed by atoms with van der Waals surface area (Å²) >= 11 is 1.35. The maximum Gasteiger partial charge on any atom is 0.332 e. The van der Waals surface area contributed by atoms with E-state index in [0.29, 0.717) is 5.13 Å². The normalized spacial score (nSPS) is 11.0. The number of pyridine rings is 1. The zero-order chi connectivity index (χ0) is 22.3. The van der Waals surface area contributed by atoms with E-state index < -0.39 is 17.2 Å². The number of carbonyl (C=O) groups is 1. The van der Waals surface area contributed by atoms with Gasteiger partial charge >= 0.3 is 5.69 Å². The zero-order valence-corrected chi connectivity index (χ0v) is 18.1. The number of nitrogens with one attached hydrogen (secondary N) is 1. The van der Waals surface area contributed by atoms with Crippen molar-refractivity contribution in [1.82, 2.24) is 19.1 Å². The molecule has 1 amide bonds. The number of methoxy groups -OCH3 is 1. The smallest absolute Gasteiger partial charge is 0.332 e. The van der Waals surface area contributed by atoms with E-state index in [0.717, 1.165) is 26.5 Å². The van der Waals surface area contributed by atoms with Crippen LogP contribution in [0, 0.1) is 6.92 Å². The monoisotopic (exact) mass is 437 g/mol. The molecule has 9 nitrogen and oxygen atoms in total. The van der Waals surface area contributed by atoms with Crippen LogP contribution < -0.4 is 21.3 Å². The first-order valence-corrected chi connectivity index (χ1v) is 10.1. The molecule has 1 N–H and O–H groups in total. The quantitative estimate of drug-likeness (QED) is 0.525. The van der Waals surface area contributed by atoms with Gasteiger partial charge in [-0.1, -0.05) is 0 Å². The Morgan fingerprint density at radius 2 is 1.74 bits per heavy atom. The third kappa shape index (κ3) is 3.61. The topological polar surface area (TPSA) is 108 Å². The van der Waals surface area contributed by atoms with E-state index in [1.807, 2.05) is 31.2 Å². The molecule has 4 rings (SSSR count). The summed E-state index contributed by atoms with van der Waals surface area (Å²) in [5.41, 5.74) is 0.925. The standard InChI is InChI=1S/C21H19N5O4S/c1-11-16(12-5-7-13(30-4)8-6-12)23-20(31-11)24-18(27)15-10-9-14-17(22-15)25(2)21(29)26(3)19(14)28/h5-10H,1-4H3,(H,23,24,27). The van der Waals surface area contributed by atoms with Crippen molar-refractivity contribution >= 4 is 33.4 Å². The molecule has 0 aliphatic carbocycles. The van der Waals surface area contributed by atoms with Crippen molar-refractivity contribution in [1.29, 1.82) is 0 Å². The number of rotatable bonds is 4. The first-order valence-electron chi connectivity index (χ1n) is 9.30. The molecule has 10 heteroatoms. The lowest BCUT2D eigenvalue weighted by Crippen LogP contribution is -2.37. The van der Waals surface area contributed by atoms with Gasteiger partial charge in [-0.25, -0.2) is 14.8 Å². The molecule has 0 radical (unpaired) electrons. The van der Waals surface area contributed by atoms with Crippen LogP contribution in [0.2, 0.25) is 0 Å². The number of nitrogens with zero attached hydrogens (tertiary/aromatic N) is 4. The molecule has 0 fully saturated rings. The van der Waals surface area contributed by atoms with Gasteiger partial charge in [0.15, 0.2) is 5.13 Å². The molecule has 31 heavy (non-hydrogen) atoms. The summed E-state index contributed by atoms with van der Waals surface area (Å²) in [4.78, 5) is 46.9. The number of aryl methyl sites for hydroxylation is 2. The molecule has 4 aromatic rings. The van der Waals surface area contributed by atoms with Crippen LogP contribution in [0.4, 0.5) is 5.13 Å². The largest absolute Gasteiger partial charge is 0.497 e. The van der Waals surface area contributed by atoms with Gasteiger partial charge in [0.2, 0.25) is 0 Å². The first kappa shape index (κ1) is 20.5. The van der Waals surface area contributed by atoms with E-state index in [2.05, 4.69) is 15.3 Å². The summed E-state index contributed by atoms with van der Waals surface area (Å²) in [6.07, 6.45) is 0. The van der Waals surface area contributed by atoms with Crippen LogP contribution >= 0.6 is 11.3 Å². The number of anilines is 1. The predicted molar refractivity (Wildman–Crippen MR) is 119 cm³/mol. The molecule has 1 aromatic carbocycles. The number of fused-ring (bicyclic) bond motifs is 1. The Morgan fingerprint density at radius 1 is 1.03 bits per heavy atom. The van der Waals surface area contributed by atoms with E-state index in [9.17, 15) is 14.4 Å². The maximum atomic E-state index is 12.8. The fourth-order valence-electron chi connectivity index (χ4n) is 3.21. The van der Waals surface area contributed by atoms with Crippen molar-refractivity contribution in [2.45, 2.75) is 6.92 Å². The van der Waals surface area contributed by atoms with E-state index in [4.69, 9.17) is 4.74 Å². The van der Waals surface area contributed by atoms with Gasteiger partial charge in [-0.15, -0.1) is 11.3 Å². The Bertz CT molecular complexity index is 1430. The summed E-state index contributed by atoms with van der Waals surface area (Å²) in [7, 11) is 4.51. The van der Waals surface area contributed by atoms with Crippen molar-refractivity contribution in [3.8, 4) is 17.0 Å². The summed E-state index contributed by atoms with van der Waals surface area (Å²) in [5, 5.41) is 3.43. The number of thiazole rings is 1. The second kappa shape index (κ2) is 7.80. The van der Waals surface area contributed by atoms with Crippen LogP contribution in [0.3, 0.4) is 0 Å². The van der Waals surface area contributed by atoms with E-state index in [1.54, 1.807) is 7.11 Å². The van der Waals surface area contributed by atoms with Gasteiger partial charge in [0.05, 0.1) is 18.2 Å². The molecular formula is C21H19N5O4S. The Kier molecular flexibility index (Phi) is 5.15. The highest BCUT2D eigenvalue weighted by Crippen LogP contribution is 2.31. The lowest BCUT2D eigenvalue weighted by molar-refractivity contribution is 0.102. The van der Waals surface area contributed by atoms with E-state index in [1.165, 1.54) is 42.1 Å². The van der Waals surface area contributed by atoms with Crippen LogP contribution in [-0.2, 0) is 14.1 Å². The Balaban J connectivity index is 1.65.